The van der Waals surface area contributed by atoms with Gasteiger partial charge in [0.2, 0.25) is 5.91 Å². The molecule has 0 aromatic heterocycles. The maximum absolute atomic E-state index is 12.3. The van der Waals surface area contributed by atoms with Gasteiger partial charge in [0.25, 0.3) is 0 Å². The standard InChI is InChI=1S/C16H23NO4/c1-16(2)11-17(9-13(10-18)21-16)15(20)8-7-12-5-3-4-6-14(12)19/h3-6,13,18-19H,7-11H2,1-2H3. The molecule has 1 heterocycles. The Bertz CT molecular complexity index is 501. The molecular weight excluding hydrogens is 270 g/mol. The van der Waals surface area contributed by atoms with Crippen LogP contribution >= 0.6 is 0 Å². The molecule has 0 spiro atoms. The minimum absolute atomic E-state index is 0.0214. The quantitative estimate of drug-likeness (QED) is 0.878. The SMILES string of the molecule is CC1(C)CN(C(=O)CCc2ccccc2O)CC(CO)O1. The maximum atomic E-state index is 12.3. The van der Waals surface area contributed by atoms with Gasteiger partial charge in [-0.15, -0.1) is 0 Å². The van der Waals surface area contributed by atoms with Gasteiger partial charge in [0.1, 0.15) is 5.75 Å². The summed E-state index contributed by atoms with van der Waals surface area (Å²) in [6, 6.07) is 7.05. The summed E-state index contributed by atoms with van der Waals surface area (Å²) in [7, 11) is 0. The van der Waals surface area contributed by atoms with E-state index in [1.807, 2.05) is 26.0 Å². The van der Waals surface area contributed by atoms with Crippen LogP contribution < -0.4 is 0 Å². The third-order valence-electron chi connectivity index (χ3n) is 3.64. The molecule has 0 radical (unpaired) electrons. The van der Waals surface area contributed by atoms with Gasteiger partial charge in [0.05, 0.1) is 18.3 Å². The van der Waals surface area contributed by atoms with Crippen LogP contribution in [0.1, 0.15) is 25.8 Å². The lowest BCUT2D eigenvalue weighted by Gasteiger charge is -2.42. The van der Waals surface area contributed by atoms with Crippen LogP contribution in [0.4, 0.5) is 0 Å². The van der Waals surface area contributed by atoms with Crippen molar-refractivity contribution in [1.29, 1.82) is 0 Å². The molecule has 2 rings (SSSR count). The molecule has 5 nitrogen and oxygen atoms in total. The van der Waals surface area contributed by atoms with Gasteiger partial charge in [-0.3, -0.25) is 4.79 Å². The fraction of sp³-hybridized carbons (Fsp3) is 0.562. The summed E-state index contributed by atoms with van der Waals surface area (Å²) >= 11 is 0. The molecule has 1 unspecified atom stereocenters. The molecule has 116 valence electrons. The highest BCUT2D eigenvalue weighted by Gasteiger charge is 2.34. The number of hydrogen-bond acceptors (Lipinski definition) is 4. The number of amides is 1. The molecule has 21 heavy (non-hydrogen) atoms. The summed E-state index contributed by atoms with van der Waals surface area (Å²) in [5.41, 5.74) is 0.327. The summed E-state index contributed by atoms with van der Waals surface area (Å²) in [5, 5.41) is 19.0. The Morgan fingerprint density at radius 1 is 1.43 bits per heavy atom. The number of aliphatic hydroxyl groups is 1. The van der Waals surface area contributed by atoms with Crippen LogP contribution in [-0.2, 0) is 16.0 Å². The minimum atomic E-state index is -0.448. The fourth-order valence-electron chi connectivity index (χ4n) is 2.70. The van der Waals surface area contributed by atoms with E-state index in [-0.39, 0.29) is 24.4 Å². The summed E-state index contributed by atoms with van der Waals surface area (Å²) in [6.07, 6.45) is 0.515. The van der Waals surface area contributed by atoms with Crippen LogP contribution in [-0.4, -0.2) is 52.4 Å². The molecule has 0 aliphatic carbocycles. The molecule has 1 aliphatic heterocycles. The third-order valence-corrected chi connectivity index (χ3v) is 3.64. The molecule has 1 aromatic carbocycles. The normalized spacial score (nSPS) is 21.3. The van der Waals surface area contributed by atoms with E-state index < -0.39 is 5.60 Å². The first-order valence-electron chi connectivity index (χ1n) is 7.24. The van der Waals surface area contributed by atoms with Gasteiger partial charge in [-0.05, 0) is 31.9 Å². The van der Waals surface area contributed by atoms with Gasteiger partial charge < -0.3 is 19.8 Å². The number of benzene rings is 1. The summed E-state index contributed by atoms with van der Waals surface area (Å²) in [4.78, 5) is 14.1. The number of hydrogen-bond donors (Lipinski definition) is 2. The zero-order valence-corrected chi connectivity index (χ0v) is 12.6. The second-order valence-corrected chi connectivity index (χ2v) is 6.09. The van der Waals surface area contributed by atoms with Crippen LogP contribution in [0.2, 0.25) is 0 Å². The van der Waals surface area contributed by atoms with Gasteiger partial charge in [0, 0.05) is 19.5 Å². The second-order valence-electron chi connectivity index (χ2n) is 6.09. The lowest BCUT2D eigenvalue weighted by atomic mass is 10.0. The lowest BCUT2D eigenvalue weighted by Crippen LogP contribution is -2.55. The molecule has 0 saturated carbocycles. The average molecular weight is 293 g/mol. The van der Waals surface area contributed by atoms with Crippen molar-refractivity contribution in [3.05, 3.63) is 29.8 Å². The topological polar surface area (TPSA) is 70.0 Å². The Morgan fingerprint density at radius 2 is 2.14 bits per heavy atom. The number of aromatic hydroxyl groups is 1. The van der Waals surface area contributed by atoms with Crippen molar-refractivity contribution >= 4 is 5.91 Å². The number of morpholine rings is 1. The highest BCUT2D eigenvalue weighted by atomic mass is 16.5. The Labute approximate surface area is 125 Å². The molecule has 0 bridgehead atoms. The molecule has 1 fully saturated rings. The van der Waals surface area contributed by atoms with Crippen molar-refractivity contribution in [1.82, 2.24) is 4.90 Å². The third kappa shape index (κ3) is 4.19. The molecule has 1 aliphatic rings. The minimum Gasteiger partial charge on any atom is -0.508 e. The van der Waals surface area contributed by atoms with Gasteiger partial charge in [-0.25, -0.2) is 0 Å². The number of aliphatic hydroxyl groups excluding tert-OH is 1. The lowest BCUT2D eigenvalue weighted by molar-refractivity contribution is -0.166. The van der Waals surface area contributed by atoms with Crippen LogP contribution in [0.3, 0.4) is 0 Å². The molecule has 1 saturated heterocycles. The average Bonchev–Trinajstić information content (AvgIpc) is 2.44. The summed E-state index contributed by atoms with van der Waals surface area (Å²) < 4.78 is 5.70. The molecule has 5 heteroatoms. The predicted octanol–water partition coefficient (Wildman–Crippen LogP) is 1.32. The van der Waals surface area contributed by atoms with Crippen molar-refractivity contribution in [2.24, 2.45) is 0 Å². The van der Waals surface area contributed by atoms with Crippen LogP contribution in [0.15, 0.2) is 24.3 Å². The molecule has 1 amide bonds. The van der Waals surface area contributed by atoms with E-state index in [4.69, 9.17) is 4.74 Å². The maximum Gasteiger partial charge on any atom is 0.223 e. The Morgan fingerprint density at radius 3 is 2.81 bits per heavy atom. The first-order valence-corrected chi connectivity index (χ1v) is 7.24. The molecule has 2 N–H and O–H groups in total. The first kappa shape index (κ1) is 15.8. The molecule has 1 atom stereocenters. The van der Waals surface area contributed by atoms with Gasteiger partial charge >= 0.3 is 0 Å². The van der Waals surface area contributed by atoms with Gasteiger partial charge in [-0.1, -0.05) is 18.2 Å². The zero-order chi connectivity index (χ0) is 15.5. The van der Waals surface area contributed by atoms with Crippen molar-refractivity contribution < 1.29 is 19.7 Å². The van der Waals surface area contributed by atoms with Gasteiger partial charge in [0.15, 0.2) is 0 Å². The van der Waals surface area contributed by atoms with Crippen molar-refractivity contribution in [2.45, 2.75) is 38.4 Å². The second kappa shape index (κ2) is 6.45. The molecule has 1 aromatic rings. The zero-order valence-electron chi connectivity index (χ0n) is 12.6. The predicted molar refractivity (Wildman–Crippen MR) is 79.0 cm³/mol. The number of phenols is 1. The monoisotopic (exact) mass is 293 g/mol. The van der Waals surface area contributed by atoms with E-state index >= 15 is 0 Å². The Hall–Kier alpha value is -1.59. The number of nitrogens with zero attached hydrogens (tertiary/aromatic N) is 1. The number of carbonyl (C=O) groups is 1. The number of carbonyl (C=O) groups excluding carboxylic acids is 1. The Kier molecular flexibility index (Phi) is 4.85. The van der Waals surface area contributed by atoms with Crippen LogP contribution in [0.25, 0.3) is 0 Å². The smallest absolute Gasteiger partial charge is 0.223 e. The number of rotatable bonds is 4. The van der Waals surface area contributed by atoms with Crippen LogP contribution in [0, 0.1) is 0 Å². The van der Waals surface area contributed by atoms with E-state index in [0.29, 0.717) is 25.9 Å². The van der Waals surface area contributed by atoms with Crippen molar-refractivity contribution in [2.75, 3.05) is 19.7 Å². The number of phenolic OH excluding ortho intramolecular Hbond substituents is 1. The summed E-state index contributed by atoms with van der Waals surface area (Å²) in [6.45, 7) is 4.67. The first-order chi connectivity index (χ1) is 9.91. The highest BCUT2D eigenvalue weighted by Crippen LogP contribution is 2.23. The fourth-order valence-corrected chi connectivity index (χ4v) is 2.70. The van der Waals surface area contributed by atoms with E-state index in [1.54, 1.807) is 17.0 Å². The van der Waals surface area contributed by atoms with Crippen molar-refractivity contribution in [3.63, 3.8) is 0 Å². The number of aryl methyl sites for hydroxylation is 1. The molecular formula is C16H23NO4. The van der Waals surface area contributed by atoms with E-state index in [9.17, 15) is 15.0 Å². The van der Waals surface area contributed by atoms with Gasteiger partial charge in [-0.2, -0.15) is 0 Å². The number of para-hydroxylation sites is 1. The van der Waals surface area contributed by atoms with Crippen LogP contribution in [0.5, 0.6) is 5.75 Å². The number of ether oxygens (including phenoxy) is 1. The Balaban J connectivity index is 1.95. The van der Waals surface area contributed by atoms with E-state index in [0.717, 1.165) is 5.56 Å². The largest absolute Gasteiger partial charge is 0.508 e. The highest BCUT2D eigenvalue weighted by molar-refractivity contribution is 5.76. The summed E-state index contributed by atoms with van der Waals surface area (Å²) in [5.74, 6) is 0.244. The van der Waals surface area contributed by atoms with E-state index in [1.165, 1.54) is 0 Å². The van der Waals surface area contributed by atoms with Crippen molar-refractivity contribution in [3.8, 4) is 5.75 Å². The van der Waals surface area contributed by atoms with E-state index in [2.05, 4.69) is 0 Å².